The zero-order valence-corrected chi connectivity index (χ0v) is 10.9. The summed E-state index contributed by atoms with van der Waals surface area (Å²) in [6.45, 7) is 1.81. The van der Waals surface area contributed by atoms with Gasteiger partial charge in [-0.2, -0.15) is 0 Å². The molecule has 108 valence electrons. The predicted octanol–water partition coefficient (Wildman–Crippen LogP) is 0.737. The number of ether oxygens (including phenoxy) is 1. The Morgan fingerprint density at radius 2 is 2.00 bits per heavy atom. The van der Waals surface area contributed by atoms with Crippen LogP contribution in [0.1, 0.15) is 12.5 Å². The summed E-state index contributed by atoms with van der Waals surface area (Å²) < 4.78 is 4.66. The summed E-state index contributed by atoms with van der Waals surface area (Å²) in [6.07, 6.45) is -0.607. The highest BCUT2D eigenvalue weighted by Crippen LogP contribution is 2.13. The molecule has 1 rings (SSSR count). The van der Waals surface area contributed by atoms with Gasteiger partial charge in [-0.1, -0.05) is 12.1 Å². The van der Waals surface area contributed by atoms with Crippen molar-refractivity contribution in [3.8, 4) is 0 Å². The van der Waals surface area contributed by atoms with Crippen LogP contribution in [0.2, 0.25) is 0 Å². The van der Waals surface area contributed by atoms with Crippen LogP contribution in [-0.4, -0.2) is 29.6 Å². The maximum atomic E-state index is 11.3. The Balaban J connectivity index is 2.72. The summed E-state index contributed by atoms with van der Waals surface area (Å²) in [5.74, 6) is -0.712. The van der Waals surface area contributed by atoms with E-state index in [-0.39, 0.29) is 18.7 Å². The van der Waals surface area contributed by atoms with Crippen LogP contribution in [0.3, 0.4) is 0 Å². The number of non-ortho nitro benzene ring substituents is 1. The van der Waals surface area contributed by atoms with Gasteiger partial charge in [-0.05, 0) is 12.5 Å². The number of carbonyl (C=O) groups excluding carboxylic acids is 2. The van der Waals surface area contributed by atoms with Crippen molar-refractivity contribution in [1.82, 2.24) is 5.32 Å². The first kappa shape index (κ1) is 15.4. The van der Waals surface area contributed by atoms with Gasteiger partial charge in [-0.25, -0.2) is 4.79 Å². The van der Waals surface area contributed by atoms with Crippen molar-refractivity contribution in [2.45, 2.75) is 19.4 Å². The summed E-state index contributed by atoms with van der Waals surface area (Å²) in [7, 11) is 0. The molecule has 3 N–H and O–H groups in total. The molecule has 0 saturated carbocycles. The fraction of sp³-hybridized carbons (Fsp3) is 0.333. The molecule has 2 amide bonds. The second-order valence-corrected chi connectivity index (χ2v) is 3.95. The molecule has 1 aromatic carbocycles. The molecule has 0 spiro atoms. The number of nitrogens with two attached hydrogens (primary N) is 1. The maximum absolute atomic E-state index is 11.3. The number of rotatable bonds is 6. The van der Waals surface area contributed by atoms with E-state index in [0.29, 0.717) is 5.56 Å². The van der Waals surface area contributed by atoms with Crippen LogP contribution in [0.5, 0.6) is 0 Å². The largest absolute Gasteiger partial charge is 0.450 e. The van der Waals surface area contributed by atoms with Crippen molar-refractivity contribution >= 4 is 17.7 Å². The van der Waals surface area contributed by atoms with Gasteiger partial charge in [0.15, 0.2) is 0 Å². The van der Waals surface area contributed by atoms with Crippen LogP contribution < -0.4 is 11.1 Å². The van der Waals surface area contributed by atoms with E-state index in [1.807, 2.05) is 0 Å². The Kier molecular flexibility index (Phi) is 5.45. The fourth-order valence-electron chi connectivity index (χ4n) is 1.53. The molecule has 0 fully saturated rings. The third-order valence-corrected chi connectivity index (χ3v) is 2.50. The zero-order valence-electron chi connectivity index (χ0n) is 10.9. The summed E-state index contributed by atoms with van der Waals surface area (Å²) >= 11 is 0. The zero-order chi connectivity index (χ0) is 15.1. The molecule has 0 aromatic heterocycles. The quantitative estimate of drug-likeness (QED) is 0.587. The molecule has 1 atom stereocenters. The van der Waals surface area contributed by atoms with Gasteiger partial charge >= 0.3 is 6.09 Å². The molecule has 0 aliphatic heterocycles. The van der Waals surface area contributed by atoms with E-state index in [1.165, 1.54) is 24.3 Å². The highest BCUT2D eigenvalue weighted by molar-refractivity contribution is 5.84. The number of nitrogens with one attached hydrogen (secondary N) is 1. The summed E-state index contributed by atoms with van der Waals surface area (Å²) in [4.78, 5) is 32.5. The van der Waals surface area contributed by atoms with Crippen LogP contribution in [0.15, 0.2) is 24.3 Å². The molecule has 0 aliphatic rings. The number of primary amides is 1. The number of benzene rings is 1. The number of carbonyl (C=O) groups is 2. The minimum absolute atomic E-state index is 0.0530. The van der Waals surface area contributed by atoms with Gasteiger partial charge in [-0.3, -0.25) is 14.9 Å². The molecule has 0 aliphatic carbocycles. The average molecular weight is 281 g/mol. The van der Waals surface area contributed by atoms with Crippen LogP contribution in [0.4, 0.5) is 10.5 Å². The van der Waals surface area contributed by atoms with E-state index in [1.54, 1.807) is 6.92 Å². The molecule has 0 saturated heterocycles. The topological polar surface area (TPSA) is 125 Å². The Bertz CT molecular complexity index is 500. The molecule has 8 heteroatoms. The van der Waals surface area contributed by atoms with E-state index in [0.717, 1.165) is 0 Å². The van der Waals surface area contributed by atoms with Gasteiger partial charge < -0.3 is 15.8 Å². The van der Waals surface area contributed by atoms with Crippen molar-refractivity contribution in [2.24, 2.45) is 5.73 Å². The van der Waals surface area contributed by atoms with E-state index < -0.39 is 23.0 Å². The average Bonchev–Trinajstić information content (AvgIpc) is 2.38. The number of hydrogen-bond acceptors (Lipinski definition) is 5. The Hall–Kier alpha value is -2.64. The van der Waals surface area contributed by atoms with Crippen LogP contribution in [0, 0.1) is 10.1 Å². The molecular formula is C12H15N3O5. The van der Waals surface area contributed by atoms with Gasteiger partial charge in [0.05, 0.1) is 11.5 Å². The second-order valence-electron chi connectivity index (χ2n) is 3.95. The lowest BCUT2D eigenvalue weighted by atomic mass is 10.1. The van der Waals surface area contributed by atoms with E-state index >= 15 is 0 Å². The molecular weight excluding hydrogens is 266 g/mol. The lowest BCUT2D eigenvalue weighted by Gasteiger charge is -2.15. The number of nitro benzene ring substituents is 1. The van der Waals surface area contributed by atoms with Crippen molar-refractivity contribution < 1.29 is 19.2 Å². The number of hydrogen-bond donors (Lipinski definition) is 2. The summed E-state index contributed by atoms with van der Waals surface area (Å²) in [6, 6.07) is 4.70. The molecule has 1 unspecified atom stereocenters. The summed E-state index contributed by atoms with van der Waals surface area (Å²) in [5.41, 5.74) is 5.77. The summed E-state index contributed by atoms with van der Waals surface area (Å²) in [5, 5.41) is 12.9. The lowest BCUT2D eigenvalue weighted by Crippen LogP contribution is -2.46. The fourth-order valence-corrected chi connectivity index (χ4v) is 1.53. The van der Waals surface area contributed by atoms with Crippen molar-refractivity contribution in [1.29, 1.82) is 0 Å². The standard InChI is InChI=1S/C12H15N3O5/c1-2-20-12(17)14-10(11(13)16)7-8-3-5-9(6-4-8)15(18)19/h3-6,10H,2,7H2,1H3,(H2,13,16)(H,14,17). The number of nitro groups is 1. The molecule has 1 aromatic rings. The monoisotopic (exact) mass is 281 g/mol. The Labute approximate surface area is 115 Å². The Morgan fingerprint density at radius 3 is 2.45 bits per heavy atom. The van der Waals surface area contributed by atoms with Crippen LogP contribution >= 0.6 is 0 Å². The number of amides is 2. The second kappa shape index (κ2) is 7.07. The maximum Gasteiger partial charge on any atom is 0.407 e. The lowest BCUT2D eigenvalue weighted by molar-refractivity contribution is -0.384. The van der Waals surface area contributed by atoms with E-state index in [9.17, 15) is 19.7 Å². The van der Waals surface area contributed by atoms with Crippen LogP contribution in [0.25, 0.3) is 0 Å². The molecule has 0 bridgehead atoms. The molecule has 20 heavy (non-hydrogen) atoms. The third kappa shape index (κ3) is 4.56. The predicted molar refractivity (Wildman–Crippen MR) is 69.9 cm³/mol. The normalized spacial score (nSPS) is 11.4. The molecule has 8 nitrogen and oxygen atoms in total. The molecule has 0 radical (unpaired) electrons. The third-order valence-electron chi connectivity index (χ3n) is 2.50. The molecule has 0 heterocycles. The van der Waals surface area contributed by atoms with Gasteiger partial charge in [-0.15, -0.1) is 0 Å². The number of nitrogens with zero attached hydrogens (tertiary/aromatic N) is 1. The highest BCUT2D eigenvalue weighted by atomic mass is 16.6. The minimum Gasteiger partial charge on any atom is -0.450 e. The van der Waals surface area contributed by atoms with Crippen molar-refractivity contribution in [3.63, 3.8) is 0 Å². The van der Waals surface area contributed by atoms with Gasteiger partial charge in [0, 0.05) is 18.6 Å². The van der Waals surface area contributed by atoms with Gasteiger partial charge in [0.25, 0.3) is 5.69 Å². The Morgan fingerprint density at radius 1 is 1.40 bits per heavy atom. The first-order valence-corrected chi connectivity index (χ1v) is 5.90. The van der Waals surface area contributed by atoms with E-state index in [2.05, 4.69) is 10.1 Å². The van der Waals surface area contributed by atoms with Crippen molar-refractivity contribution in [3.05, 3.63) is 39.9 Å². The van der Waals surface area contributed by atoms with Gasteiger partial charge in [0.2, 0.25) is 5.91 Å². The smallest absolute Gasteiger partial charge is 0.407 e. The SMILES string of the molecule is CCOC(=O)NC(Cc1ccc([N+](=O)[O-])cc1)C(N)=O. The first-order valence-electron chi connectivity index (χ1n) is 5.90. The van der Waals surface area contributed by atoms with Crippen LogP contribution in [-0.2, 0) is 16.0 Å². The van der Waals surface area contributed by atoms with E-state index in [4.69, 9.17) is 5.73 Å². The first-order chi connectivity index (χ1) is 9.43. The highest BCUT2D eigenvalue weighted by Gasteiger charge is 2.19. The van der Waals surface area contributed by atoms with Crippen molar-refractivity contribution in [2.75, 3.05) is 6.61 Å². The van der Waals surface area contributed by atoms with Gasteiger partial charge in [0.1, 0.15) is 6.04 Å². The minimum atomic E-state index is -0.935. The number of alkyl carbamates (subject to hydrolysis) is 1.